The maximum Gasteiger partial charge on any atom is 0.160 e. The third-order valence-corrected chi connectivity index (χ3v) is 4.40. The molecule has 0 bridgehead atoms. The molecule has 1 aliphatic heterocycles. The molecule has 2 aromatic carbocycles. The Kier molecular flexibility index (Phi) is 3.40. The van der Waals surface area contributed by atoms with Crippen LogP contribution in [0.3, 0.4) is 0 Å². The average Bonchev–Trinajstić information content (AvgIpc) is 3.22. The summed E-state index contributed by atoms with van der Waals surface area (Å²) in [7, 11) is 0. The van der Waals surface area contributed by atoms with E-state index < -0.39 is 0 Å². The maximum absolute atomic E-state index is 5.64. The zero-order valence-corrected chi connectivity index (χ0v) is 13.4. The van der Waals surface area contributed by atoms with Crippen LogP contribution in [0.1, 0.15) is 11.9 Å². The third kappa shape index (κ3) is 2.54. The van der Waals surface area contributed by atoms with Crippen LogP contribution in [0.2, 0.25) is 0 Å². The van der Waals surface area contributed by atoms with Crippen molar-refractivity contribution < 1.29 is 4.74 Å². The van der Waals surface area contributed by atoms with Crippen molar-refractivity contribution in [3.63, 3.8) is 0 Å². The van der Waals surface area contributed by atoms with Crippen LogP contribution in [0.25, 0.3) is 33.1 Å². The summed E-state index contributed by atoms with van der Waals surface area (Å²) in [4.78, 5) is 13.6. The predicted molar refractivity (Wildman–Crippen MR) is 95.8 cm³/mol. The summed E-state index contributed by atoms with van der Waals surface area (Å²) in [5.74, 6) is 0.643. The second-order valence-corrected chi connectivity index (χ2v) is 5.99. The maximum atomic E-state index is 5.64. The zero-order valence-electron chi connectivity index (χ0n) is 13.4. The van der Waals surface area contributed by atoms with Crippen molar-refractivity contribution in [1.29, 1.82) is 0 Å². The van der Waals surface area contributed by atoms with Crippen LogP contribution in [0, 0.1) is 6.07 Å². The molecule has 3 heterocycles. The second kappa shape index (κ2) is 5.88. The molecule has 25 heavy (non-hydrogen) atoms. The lowest BCUT2D eigenvalue weighted by Crippen LogP contribution is -2.15. The van der Waals surface area contributed by atoms with Gasteiger partial charge in [0.05, 0.1) is 17.8 Å². The van der Waals surface area contributed by atoms with E-state index in [1.165, 1.54) is 0 Å². The molecule has 2 aromatic heterocycles. The van der Waals surface area contributed by atoms with E-state index >= 15 is 0 Å². The molecular formula is C20H15N4O. The lowest BCUT2D eigenvalue weighted by Gasteiger charge is -2.10. The lowest BCUT2D eigenvalue weighted by atomic mass is 10.0. The van der Waals surface area contributed by atoms with Gasteiger partial charge in [-0.1, -0.05) is 24.3 Å². The average molecular weight is 327 g/mol. The molecule has 0 amide bonds. The first-order chi connectivity index (χ1) is 12.4. The van der Waals surface area contributed by atoms with Gasteiger partial charge in [0.2, 0.25) is 0 Å². The van der Waals surface area contributed by atoms with Gasteiger partial charge >= 0.3 is 0 Å². The SMILES string of the molecule is [c]1c(-c2nccc(C3NCCO3)n2)ccc2ncc3ccccc3c12. The number of fused-ring (bicyclic) bond motifs is 3. The molecule has 0 aliphatic carbocycles. The van der Waals surface area contributed by atoms with Gasteiger partial charge in [-0.2, -0.15) is 0 Å². The summed E-state index contributed by atoms with van der Waals surface area (Å²) in [5.41, 5.74) is 2.61. The zero-order chi connectivity index (χ0) is 16.6. The molecule has 5 rings (SSSR count). The minimum absolute atomic E-state index is 0.162. The number of hydrogen-bond donors (Lipinski definition) is 1. The van der Waals surface area contributed by atoms with E-state index in [2.05, 4.69) is 38.5 Å². The van der Waals surface area contributed by atoms with Gasteiger partial charge in [0.25, 0.3) is 0 Å². The van der Waals surface area contributed by atoms with Crippen molar-refractivity contribution in [3.8, 4) is 11.4 Å². The van der Waals surface area contributed by atoms with Crippen LogP contribution in [0.4, 0.5) is 0 Å². The monoisotopic (exact) mass is 327 g/mol. The summed E-state index contributed by atoms with van der Waals surface area (Å²) in [5, 5.41) is 6.49. The molecule has 121 valence electrons. The van der Waals surface area contributed by atoms with Crippen LogP contribution < -0.4 is 5.32 Å². The molecule has 1 aliphatic rings. The molecule has 0 saturated carbocycles. The first kappa shape index (κ1) is 14.5. The number of nitrogens with one attached hydrogen (secondary N) is 1. The van der Waals surface area contributed by atoms with E-state index in [1.54, 1.807) is 6.20 Å². The van der Waals surface area contributed by atoms with Crippen molar-refractivity contribution in [3.05, 3.63) is 66.6 Å². The van der Waals surface area contributed by atoms with E-state index in [1.807, 2.05) is 36.5 Å². The smallest absolute Gasteiger partial charge is 0.160 e. The fourth-order valence-electron chi connectivity index (χ4n) is 3.17. The van der Waals surface area contributed by atoms with Gasteiger partial charge in [-0.3, -0.25) is 10.3 Å². The Morgan fingerprint density at radius 2 is 2.04 bits per heavy atom. The quantitative estimate of drug-likeness (QED) is 0.573. The highest BCUT2D eigenvalue weighted by atomic mass is 16.5. The van der Waals surface area contributed by atoms with Gasteiger partial charge in [-0.25, -0.2) is 9.97 Å². The highest BCUT2D eigenvalue weighted by Gasteiger charge is 2.19. The standard InChI is InChI=1S/C20H15N4O/c1-2-4-15-14(3-1)12-23-17-6-5-13(11-16(15)17)19-21-8-7-18(24-19)20-22-9-10-25-20/h1-8,12,20,22H,9-10H2. The molecule has 1 unspecified atom stereocenters. The molecule has 1 N–H and O–H groups in total. The van der Waals surface area contributed by atoms with Crippen LogP contribution in [0.15, 0.2) is 54.9 Å². The topological polar surface area (TPSA) is 59.9 Å². The Hall–Kier alpha value is -2.89. The molecule has 1 fully saturated rings. The summed E-state index contributed by atoms with van der Waals surface area (Å²) in [6, 6.07) is 17.5. The number of nitrogens with zero attached hydrogens (tertiary/aromatic N) is 3. The largest absolute Gasteiger partial charge is 0.356 e. The van der Waals surface area contributed by atoms with Crippen molar-refractivity contribution >= 4 is 21.7 Å². The van der Waals surface area contributed by atoms with Gasteiger partial charge in [0.1, 0.15) is 0 Å². The van der Waals surface area contributed by atoms with Crippen LogP contribution >= 0.6 is 0 Å². The number of ether oxygens (including phenoxy) is 1. The number of hydrogen-bond acceptors (Lipinski definition) is 5. The van der Waals surface area contributed by atoms with Crippen molar-refractivity contribution in [2.24, 2.45) is 0 Å². The number of rotatable bonds is 2. The highest BCUT2D eigenvalue weighted by molar-refractivity contribution is 6.06. The Bertz CT molecular complexity index is 1070. The molecule has 5 nitrogen and oxygen atoms in total. The molecule has 1 radical (unpaired) electrons. The second-order valence-electron chi connectivity index (χ2n) is 5.99. The van der Waals surface area contributed by atoms with Crippen LogP contribution in [0.5, 0.6) is 0 Å². The number of benzene rings is 2. The van der Waals surface area contributed by atoms with Gasteiger partial charge < -0.3 is 4.74 Å². The summed E-state index contributed by atoms with van der Waals surface area (Å²) in [6.45, 7) is 1.54. The fourth-order valence-corrected chi connectivity index (χ4v) is 3.17. The Labute approximate surface area is 144 Å². The first-order valence-electron chi connectivity index (χ1n) is 8.26. The lowest BCUT2D eigenvalue weighted by molar-refractivity contribution is 0.0985. The van der Waals surface area contributed by atoms with E-state index in [9.17, 15) is 0 Å². The minimum Gasteiger partial charge on any atom is -0.356 e. The molecule has 1 atom stereocenters. The Morgan fingerprint density at radius 1 is 1.08 bits per heavy atom. The van der Waals surface area contributed by atoms with E-state index in [0.29, 0.717) is 12.4 Å². The first-order valence-corrected chi connectivity index (χ1v) is 8.26. The molecular weight excluding hydrogens is 312 g/mol. The summed E-state index contributed by atoms with van der Waals surface area (Å²) >= 11 is 0. The summed E-state index contributed by atoms with van der Waals surface area (Å²) in [6.07, 6.45) is 3.50. The van der Waals surface area contributed by atoms with Crippen molar-refractivity contribution in [1.82, 2.24) is 20.3 Å². The van der Waals surface area contributed by atoms with Gasteiger partial charge in [0, 0.05) is 41.3 Å². The normalized spacial score (nSPS) is 17.4. The highest BCUT2D eigenvalue weighted by Crippen LogP contribution is 2.27. The van der Waals surface area contributed by atoms with Gasteiger partial charge in [-0.05, 0) is 23.6 Å². The van der Waals surface area contributed by atoms with Gasteiger partial charge in [-0.15, -0.1) is 0 Å². The molecule has 1 saturated heterocycles. The summed E-state index contributed by atoms with van der Waals surface area (Å²) < 4.78 is 5.64. The van der Waals surface area contributed by atoms with Crippen molar-refractivity contribution in [2.75, 3.05) is 13.2 Å². The minimum atomic E-state index is -0.162. The molecule has 4 aromatic rings. The molecule has 5 heteroatoms. The van der Waals surface area contributed by atoms with E-state index in [-0.39, 0.29) is 6.23 Å². The third-order valence-electron chi connectivity index (χ3n) is 4.40. The predicted octanol–water partition coefficient (Wildman–Crippen LogP) is 3.26. The fraction of sp³-hybridized carbons (Fsp3) is 0.150. The van der Waals surface area contributed by atoms with Crippen molar-refractivity contribution in [2.45, 2.75) is 6.23 Å². The van der Waals surface area contributed by atoms with E-state index in [0.717, 1.165) is 39.5 Å². The van der Waals surface area contributed by atoms with Gasteiger partial charge in [0.15, 0.2) is 12.1 Å². The van der Waals surface area contributed by atoms with E-state index in [4.69, 9.17) is 4.74 Å². The molecule has 0 spiro atoms. The Balaban J connectivity index is 1.65. The Morgan fingerprint density at radius 3 is 2.96 bits per heavy atom. The number of aromatic nitrogens is 3. The number of pyridine rings is 1. The van der Waals surface area contributed by atoms with Crippen LogP contribution in [-0.2, 0) is 4.74 Å². The van der Waals surface area contributed by atoms with Crippen LogP contribution in [-0.4, -0.2) is 28.1 Å².